The van der Waals surface area contributed by atoms with Crippen molar-refractivity contribution < 1.29 is 9.21 Å². The van der Waals surface area contributed by atoms with Gasteiger partial charge in [-0.25, -0.2) is 9.97 Å². The lowest BCUT2D eigenvalue weighted by molar-refractivity contribution is 0.0966. The Balaban J connectivity index is 1.71. The van der Waals surface area contributed by atoms with E-state index in [1.807, 2.05) is 18.2 Å². The zero-order valence-electron chi connectivity index (χ0n) is 12.7. The van der Waals surface area contributed by atoms with Crippen molar-refractivity contribution in [2.75, 3.05) is 0 Å². The molecule has 0 unspecified atom stereocenters. The van der Waals surface area contributed by atoms with Gasteiger partial charge in [-0.2, -0.15) is 0 Å². The number of rotatable bonds is 4. The molecule has 0 N–H and O–H groups in total. The lowest BCUT2D eigenvalue weighted by Crippen LogP contribution is -2.24. The molecule has 0 bridgehead atoms. The van der Waals surface area contributed by atoms with Crippen LogP contribution in [0.1, 0.15) is 10.5 Å². The van der Waals surface area contributed by atoms with E-state index in [4.69, 9.17) is 16.0 Å². The summed E-state index contributed by atoms with van der Waals surface area (Å²) in [5.41, 5.74) is 1.48. The van der Waals surface area contributed by atoms with E-state index in [0.717, 1.165) is 10.4 Å². The molecule has 4 aromatic rings. The number of fused-ring (bicyclic) bond motifs is 1. The lowest BCUT2D eigenvalue weighted by Gasteiger charge is -2.02. The van der Waals surface area contributed by atoms with Crippen LogP contribution in [0.15, 0.2) is 58.5 Å². The molecule has 0 saturated carbocycles. The minimum atomic E-state index is -0.313. The normalized spacial score (nSPS) is 11.1. The lowest BCUT2D eigenvalue weighted by atomic mass is 10.2. The number of Topliss-reactive ketones (excluding diaryl/α,β-unsaturated/α-hetero) is 1. The number of ketones is 1. The number of hydrogen-bond acceptors (Lipinski definition) is 6. The Labute approximate surface area is 150 Å². The third-order valence-electron chi connectivity index (χ3n) is 3.66. The summed E-state index contributed by atoms with van der Waals surface area (Å²) in [5, 5.41) is 0.650. The van der Waals surface area contributed by atoms with E-state index < -0.39 is 0 Å². The Morgan fingerprint density at radius 1 is 1.24 bits per heavy atom. The summed E-state index contributed by atoms with van der Waals surface area (Å²) >= 11 is 7.25. The van der Waals surface area contributed by atoms with Crippen molar-refractivity contribution in [2.45, 2.75) is 6.54 Å². The molecule has 0 aliphatic heterocycles. The Kier molecular flexibility index (Phi) is 3.95. The highest BCUT2D eigenvalue weighted by Gasteiger charge is 2.14. The zero-order chi connectivity index (χ0) is 17.4. The van der Waals surface area contributed by atoms with Crippen molar-refractivity contribution in [1.29, 1.82) is 0 Å². The Hall–Kier alpha value is -2.77. The molecule has 124 valence electrons. The van der Waals surface area contributed by atoms with Gasteiger partial charge in [0.15, 0.2) is 6.39 Å². The van der Waals surface area contributed by atoms with Crippen LogP contribution in [-0.2, 0) is 6.54 Å². The molecule has 0 spiro atoms. The van der Waals surface area contributed by atoms with Gasteiger partial charge in [0.25, 0.3) is 5.56 Å². The first kappa shape index (κ1) is 15.7. The fourth-order valence-electron chi connectivity index (χ4n) is 2.40. The predicted octanol–water partition coefficient (Wildman–Crippen LogP) is 3.65. The number of aromatic nitrogens is 3. The van der Waals surface area contributed by atoms with E-state index in [1.54, 1.807) is 12.1 Å². The van der Waals surface area contributed by atoms with Crippen LogP contribution < -0.4 is 5.56 Å². The van der Waals surface area contributed by atoms with Gasteiger partial charge in [-0.15, -0.1) is 11.3 Å². The number of benzene rings is 1. The molecule has 25 heavy (non-hydrogen) atoms. The highest BCUT2D eigenvalue weighted by Crippen LogP contribution is 2.31. The number of halogens is 1. The molecular weight excluding hydrogens is 362 g/mol. The largest absolute Gasteiger partial charge is 0.451 e. The second-order valence-electron chi connectivity index (χ2n) is 5.31. The predicted molar refractivity (Wildman–Crippen MR) is 95.2 cm³/mol. The van der Waals surface area contributed by atoms with Gasteiger partial charge >= 0.3 is 0 Å². The Bertz CT molecular complexity index is 1110. The van der Waals surface area contributed by atoms with Crippen molar-refractivity contribution in [3.63, 3.8) is 0 Å². The molecule has 0 aliphatic rings. The van der Waals surface area contributed by atoms with Crippen LogP contribution in [0.5, 0.6) is 0 Å². The highest BCUT2D eigenvalue weighted by molar-refractivity contribution is 7.22. The van der Waals surface area contributed by atoms with Crippen molar-refractivity contribution in [3.8, 4) is 10.4 Å². The molecule has 8 heteroatoms. The summed E-state index contributed by atoms with van der Waals surface area (Å²) in [6.07, 6.45) is 3.80. The zero-order valence-corrected chi connectivity index (χ0v) is 14.3. The van der Waals surface area contributed by atoms with Gasteiger partial charge in [0.1, 0.15) is 16.7 Å². The molecule has 6 nitrogen and oxygen atoms in total. The SMILES string of the molecule is O=C(Cn1cnc2cc(-c3ccc(Cl)cc3)sc2c1=O)c1cocn1. The molecule has 0 saturated heterocycles. The molecule has 1 aromatic carbocycles. The number of oxazole rings is 1. The second kappa shape index (κ2) is 6.27. The van der Waals surface area contributed by atoms with Crippen molar-refractivity contribution in [3.05, 3.63) is 70.4 Å². The number of carbonyl (C=O) groups is 1. The van der Waals surface area contributed by atoms with E-state index in [9.17, 15) is 9.59 Å². The topological polar surface area (TPSA) is 78.0 Å². The van der Waals surface area contributed by atoms with Crippen LogP contribution >= 0.6 is 22.9 Å². The number of hydrogen-bond donors (Lipinski definition) is 0. The van der Waals surface area contributed by atoms with E-state index in [2.05, 4.69) is 9.97 Å². The average molecular weight is 372 g/mol. The van der Waals surface area contributed by atoms with Gasteiger partial charge in [-0.3, -0.25) is 14.2 Å². The van der Waals surface area contributed by atoms with Crippen LogP contribution in [0.3, 0.4) is 0 Å². The second-order valence-corrected chi connectivity index (χ2v) is 6.80. The van der Waals surface area contributed by atoms with Crippen molar-refractivity contribution in [2.24, 2.45) is 0 Å². The maximum atomic E-state index is 12.6. The molecule has 3 aromatic heterocycles. The van der Waals surface area contributed by atoms with E-state index in [-0.39, 0.29) is 23.6 Å². The van der Waals surface area contributed by atoms with Crippen LogP contribution in [0.25, 0.3) is 20.7 Å². The van der Waals surface area contributed by atoms with Gasteiger partial charge in [-0.1, -0.05) is 23.7 Å². The quantitative estimate of drug-likeness (QED) is 0.512. The summed E-state index contributed by atoms with van der Waals surface area (Å²) in [7, 11) is 0. The Morgan fingerprint density at radius 3 is 2.76 bits per heavy atom. The van der Waals surface area contributed by atoms with Crippen LogP contribution in [0.2, 0.25) is 5.02 Å². The highest BCUT2D eigenvalue weighted by atomic mass is 35.5. The van der Waals surface area contributed by atoms with Gasteiger partial charge < -0.3 is 4.42 Å². The average Bonchev–Trinajstić information content (AvgIpc) is 3.28. The first-order chi connectivity index (χ1) is 12.1. The van der Waals surface area contributed by atoms with E-state index >= 15 is 0 Å². The fraction of sp³-hybridized carbons (Fsp3) is 0.0588. The fourth-order valence-corrected chi connectivity index (χ4v) is 3.59. The monoisotopic (exact) mass is 371 g/mol. The van der Waals surface area contributed by atoms with E-state index in [1.165, 1.54) is 34.9 Å². The minimum absolute atomic E-state index is 0.136. The molecule has 0 aliphatic carbocycles. The third kappa shape index (κ3) is 2.99. The summed E-state index contributed by atoms with van der Waals surface area (Å²) in [6, 6.07) is 9.22. The van der Waals surface area contributed by atoms with Crippen LogP contribution in [0, 0.1) is 0 Å². The van der Waals surface area contributed by atoms with Crippen LogP contribution in [-0.4, -0.2) is 20.3 Å². The first-order valence-electron chi connectivity index (χ1n) is 7.28. The first-order valence-corrected chi connectivity index (χ1v) is 8.47. The third-order valence-corrected chi connectivity index (χ3v) is 5.08. The molecule has 0 fully saturated rings. The summed E-state index contributed by atoms with van der Waals surface area (Å²) < 4.78 is 6.57. The van der Waals surface area contributed by atoms with E-state index in [0.29, 0.717) is 15.2 Å². The molecule has 0 radical (unpaired) electrons. The smallest absolute Gasteiger partial charge is 0.271 e. The van der Waals surface area contributed by atoms with Gasteiger partial charge in [0, 0.05) is 9.90 Å². The molecule has 4 rings (SSSR count). The molecular formula is C17H10ClN3O3S. The molecule has 0 amide bonds. The number of nitrogens with zero attached hydrogens (tertiary/aromatic N) is 3. The maximum Gasteiger partial charge on any atom is 0.271 e. The van der Waals surface area contributed by atoms with Gasteiger partial charge in [0.05, 0.1) is 18.4 Å². The summed E-state index contributed by atoms with van der Waals surface area (Å²) in [6.45, 7) is -0.136. The number of carbonyl (C=O) groups excluding carboxylic acids is 1. The van der Waals surface area contributed by atoms with Gasteiger partial charge in [-0.05, 0) is 23.8 Å². The van der Waals surface area contributed by atoms with Gasteiger partial charge in [0.2, 0.25) is 5.78 Å². The summed E-state index contributed by atoms with van der Waals surface area (Å²) in [4.78, 5) is 33.8. The molecule has 0 atom stereocenters. The van der Waals surface area contributed by atoms with Crippen LogP contribution in [0.4, 0.5) is 0 Å². The number of thiophene rings is 1. The minimum Gasteiger partial charge on any atom is -0.451 e. The summed E-state index contributed by atoms with van der Waals surface area (Å²) in [5.74, 6) is -0.313. The standard InChI is InChI=1S/C17H10ClN3O3S/c18-11-3-1-10(2-4-11)15-5-12-16(25-15)17(23)21(8-19-12)6-14(22)13-7-24-9-20-13/h1-5,7-9H,6H2. The van der Waals surface area contributed by atoms with Crippen molar-refractivity contribution in [1.82, 2.24) is 14.5 Å². The Morgan fingerprint density at radius 2 is 2.04 bits per heavy atom. The maximum absolute atomic E-state index is 12.6. The molecule has 3 heterocycles. The van der Waals surface area contributed by atoms with Crippen molar-refractivity contribution >= 4 is 38.9 Å².